The van der Waals surface area contributed by atoms with Crippen molar-refractivity contribution in [3.05, 3.63) is 29.0 Å². The van der Waals surface area contributed by atoms with Crippen molar-refractivity contribution in [1.82, 2.24) is 0 Å². The van der Waals surface area contributed by atoms with Crippen LogP contribution < -0.4 is 4.74 Å². The minimum absolute atomic E-state index is 0.151. The van der Waals surface area contributed by atoms with Gasteiger partial charge in [0.15, 0.2) is 17.7 Å². The maximum Gasteiger partial charge on any atom is 0.425 e. The van der Waals surface area contributed by atoms with Crippen LogP contribution in [0.25, 0.3) is 0 Å². The lowest BCUT2D eigenvalue weighted by Gasteiger charge is -2.16. The summed E-state index contributed by atoms with van der Waals surface area (Å²) in [5.41, 5.74) is 0. The molecule has 0 aliphatic rings. The molecule has 0 aromatic heterocycles. The highest BCUT2D eigenvalue weighted by molar-refractivity contribution is 6.32. The second-order valence-corrected chi connectivity index (χ2v) is 4.61. The molecule has 9 heteroatoms. The summed E-state index contributed by atoms with van der Waals surface area (Å²) in [5.74, 6) is -3.63. The lowest BCUT2D eigenvalue weighted by molar-refractivity contribution is -0.216. The van der Waals surface area contributed by atoms with Gasteiger partial charge < -0.3 is 9.47 Å². The maximum atomic E-state index is 13.3. The summed E-state index contributed by atoms with van der Waals surface area (Å²) in [6, 6.07) is 3.59. The topological polar surface area (TPSA) is 52.6 Å². The highest BCUT2D eigenvalue weighted by atomic mass is 35.5. The Morgan fingerprint density at radius 1 is 1.23 bits per heavy atom. The Balaban J connectivity index is 2.48. The average Bonchev–Trinajstić information content (AvgIpc) is 2.39. The second kappa shape index (κ2) is 7.44. The van der Waals surface area contributed by atoms with Crippen molar-refractivity contribution in [2.45, 2.75) is 32.0 Å². The van der Waals surface area contributed by atoms with Gasteiger partial charge in [0, 0.05) is 0 Å². The second-order valence-electron chi connectivity index (χ2n) is 4.20. The number of halogens is 5. The summed E-state index contributed by atoms with van der Waals surface area (Å²) in [5, 5.41) is -0.151. The van der Waals surface area contributed by atoms with Crippen LogP contribution in [0.3, 0.4) is 0 Å². The number of para-hydroxylation sites is 1. The summed E-state index contributed by atoms with van der Waals surface area (Å²) < 4.78 is 58.5. The van der Waals surface area contributed by atoms with Crippen LogP contribution in [0, 0.1) is 5.82 Å². The molecule has 0 radical (unpaired) electrons. The van der Waals surface area contributed by atoms with Gasteiger partial charge in [-0.05, 0) is 19.1 Å². The van der Waals surface area contributed by atoms with Gasteiger partial charge in [0.2, 0.25) is 0 Å². The zero-order chi connectivity index (χ0) is 16.9. The number of ether oxygens (including phenoxy) is 2. The van der Waals surface area contributed by atoms with Crippen LogP contribution in [0.5, 0.6) is 5.75 Å². The van der Waals surface area contributed by atoms with Crippen molar-refractivity contribution >= 4 is 23.5 Å². The molecule has 122 valence electrons. The number of carbonyl (C=O) groups is 2. The van der Waals surface area contributed by atoms with Gasteiger partial charge in [0.1, 0.15) is 0 Å². The van der Waals surface area contributed by atoms with E-state index in [-0.39, 0.29) is 5.02 Å². The first-order valence-electron chi connectivity index (χ1n) is 6.02. The highest BCUT2D eigenvalue weighted by Gasteiger charge is 2.39. The Hall–Kier alpha value is -1.83. The molecule has 0 saturated heterocycles. The van der Waals surface area contributed by atoms with E-state index in [9.17, 15) is 27.2 Å². The number of benzene rings is 1. The SMILES string of the molecule is CC(OC(=O)CCC(=O)Oc1c(F)cccc1Cl)C(F)(F)F. The van der Waals surface area contributed by atoms with Crippen LogP contribution in [0.2, 0.25) is 5.02 Å². The van der Waals surface area contributed by atoms with Crippen LogP contribution in [0.1, 0.15) is 19.8 Å². The molecule has 0 amide bonds. The largest absolute Gasteiger partial charge is 0.453 e. The predicted octanol–water partition coefficient (Wildman–Crippen LogP) is 3.66. The minimum atomic E-state index is -4.68. The van der Waals surface area contributed by atoms with Gasteiger partial charge in [-0.25, -0.2) is 4.39 Å². The molecule has 0 fully saturated rings. The van der Waals surface area contributed by atoms with Gasteiger partial charge in [0.25, 0.3) is 0 Å². The predicted molar refractivity (Wildman–Crippen MR) is 67.9 cm³/mol. The monoisotopic (exact) mass is 342 g/mol. The first kappa shape index (κ1) is 18.2. The standard InChI is InChI=1S/C13H11ClF4O4/c1-7(13(16,17)18)21-10(19)5-6-11(20)22-12-8(14)3-2-4-9(12)15/h2-4,7H,5-6H2,1H3. The fraction of sp³-hybridized carbons (Fsp3) is 0.385. The zero-order valence-corrected chi connectivity index (χ0v) is 12.0. The Bertz CT molecular complexity index is 539. The number of hydrogen-bond acceptors (Lipinski definition) is 4. The van der Waals surface area contributed by atoms with Gasteiger partial charge in [-0.3, -0.25) is 9.59 Å². The molecule has 1 aromatic rings. The third-order valence-corrected chi connectivity index (χ3v) is 2.73. The quantitative estimate of drug-likeness (QED) is 0.465. The third-order valence-electron chi connectivity index (χ3n) is 2.44. The van der Waals surface area contributed by atoms with E-state index >= 15 is 0 Å². The molecule has 0 saturated carbocycles. The normalized spacial score (nSPS) is 12.6. The lowest BCUT2D eigenvalue weighted by atomic mass is 10.3. The molecule has 22 heavy (non-hydrogen) atoms. The van der Waals surface area contributed by atoms with Crippen LogP contribution in [-0.4, -0.2) is 24.2 Å². The van der Waals surface area contributed by atoms with Gasteiger partial charge in [0.05, 0.1) is 17.9 Å². The smallest absolute Gasteiger partial charge is 0.425 e. The molecule has 0 aliphatic carbocycles. The molecule has 0 spiro atoms. The molecular weight excluding hydrogens is 332 g/mol. The van der Waals surface area contributed by atoms with E-state index in [1.165, 1.54) is 12.1 Å². The Labute approximate surface area is 128 Å². The molecule has 4 nitrogen and oxygen atoms in total. The summed E-state index contributed by atoms with van der Waals surface area (Å²) >= 11 is 5.62. The summed E-state index contributed by atoms with van der Waals surface area (Å²) in [4.78, 5) is 22.6. The van der Waals surface area contributed by atoms with Crippen molar-refractivity contribution in [3.8, 4) is 5.75 Å². The van der Waals surface area contributed by atoms with E-state index in [0.717, 1.165) is 6.07 Å². The van der Waals surface area contributed by atoms with E-state index < -0.39 is 48.6 Å². The molecule has 1 unspecified atom stereocenters. The molecule has 0 aliphatic heterocycles. The fourth-order valence-corrected chi connectivity index (χ4v) is 1.47. The van der Waals surface area contributed by atoms with Gasteiger partial charge >= 0.3 is 18.1 Å². The average molecular weight is 343 g/mol. The molecule has 0 heterocycles. The summed E-state index contributed by atoms with van der Waals surface area (Å²) in [6.07, 6.45) is -8.17. The third kappa shape index (κ3) is 5.51. The Morgan fingerprint density at radius 3 is 2.36 bits per heavy atom. The maximum absolute atomic E-state index is 13.3. The number of esters is 2. The summed E-state index contributed by atoms with van der Waals surface area (Å²) in [7, 11) is 0. The van der Waals surface area contributed by atoms with Crippen LogP contribution in [0.15, 0.2) is 18.2 Å². The lowest BCUT2D eigenvalue weighted by Crippen LogP contribution is -2.31. The van der Waals surface area contributed by atoms with Crippen molar-refractivity contribution < 1.29 is 36.6 Å². The van der Waals surface area contributed by atoms with E-state index in [1.807, 2.05) is 0 Å². The first-order valence-corrected chi connectivity index (χ1v) is 6.40. The molecule has 1 rings (SSSR count). The first-order chi connectivity index (χ1) is 10.1. The van der Waals surface area contributed by atoms with Gasteiger partial charge in [-0.1, -0.05) is 17.7 Å². The van der Waals surface area contributed by atoms with E-state index in [1.54, 1.807) is 0 Å². The van der Waals surface area contributed by atoms with Gasteiger partial charge in [-0.2, -0.15) is 13.2 Å². The molecule has 1 aromatic carbocycles. The molecule has 0 bridgehead atoms. The van der Waals surface area contributed by atoms with Crippen molar-refractivity contribution in [3.63, 3.8) is 0 Å². The minimum Gasteiger partial charge on any atom is -0.453 e. The molecule has 1 atom stereocenters. The number of rotatable bonds is 5. The van der Waals surface area contributed by atoms with E-state index in [2.05, 4.69) is 9.47 Å². The van der Waals surface area contributed by atoms with E-state index in [0.29, 0.717) is 6.92 Å². The van der Waals surface area contributed by atoms with Crippen molar-refractivity contribution in [2.75, 3.05) is 0 Å². The number of hydrogen-bond donors (Lipinski definition) is 0. The van der Waals surface area contributed by atoms with E-state index in [4.69, 9.17) is 11.6 Å². The molecular formula is C13H11ClF4O4. The van der Waals surface area contributed by atoms with Crippen molar-refractivity contribution in [1.29, 1.82) is 0 Å². The number of alkyl halides is 3. The molecule has 0 N–H and O–H groups in total. The van der Waals surface area contributed by atoms with Crippen LogP contribution >= 0.6 is 11.6 Å². The van der Waals surface area contributed by atoms with Crippen LogP contribution in [0.4, 0.5) is 17.6 Å². The van der Waals surface area contributed by atoms with Crippen molar-refractivity contribution in [2.24, 2.45) is 0 Å². The van der Waals surface area contributed by atoms with Gasteiger partial charge in [-0.15, -0.1) is 0 Å². The summed E-state index contributed by atoms with van der Waals surface area (Å²) in [6.45, 7) is 0.662. The highest BCUT2D eigenvalue weighted by Crippen LogP contribution is 2.27. The zero-order valence-electron chi connectivity index (χ0n) is 11.2. The number of carbonyl (C=O) groups excluding carboxylic acids is 2. The Morgan fingerprint density at radius 2 is 1.82 bits per heavy atom. The Kier molecular flexibility index (Phi) is 6.16. The van der Waals surface area contributed by atoms with Crippen LogP contribution in [-0.2, 0) is 14.3 Å². The fourth-order valence-electron chi connectivity index (χ4n) is 1.27.